The average Bonchev–Trinajstić information content (AvgIpc) is 3.25. The molecule has 1 aliphatic heterocycles. The van der Waals surface area contributed by atoms with Crippen LogP contribution in [0.1, 0.15) is 44.1 Å². The number of methoxy groups -OCH3 is 1. The summed E-state index contributed by atoms with van der Waals surface area (Å²) in [5.74, 6) is -0.493. The summed E-state index contributed by atoms with van der Waals surface area (Å²) in [5, 5.41) is 21.1. The number of carbonyl (C=O) groups is 2. The highest BCUT2D eigenvalue weighted by atomic mass is 32.2. The van der Waals surface area contributed by atoms with Gasteiger partial charge in [0, 0.05) is 31.4 Å². The number of ether oxygens (including phenoxy) is 2. The second-order valence-corrected chi connectivity index (χ2v) is 10.0. The Balaban J connectivity index is 1.93. The SMILES string of the molecule is COCCCC(C)(C)C(O)/C=C/[C@H]1[C@H](C)OC(=O)N1CCSc1nc(C(=O)O)cs1. The molecule has 3 atom stereocenters. The van der Waals surface area contributed by atoms with Gasteiger partial charge in [0.1, 0.15) is 6.10 Å². The first kappa shape index (κ1) is 24.6. The minimum Gasteiger partial charge on any atom is -0.476 e. The first-order valence-electron chi connectivity index (χ1n) is 9.80. The van der Waals surface area contributed by atoms with Crippen LogP contribution in [0, 0.1) is 5.41 Å². The Morgan fingerprint density at radius 1 is 1.53 bits per heavy atom. The minimum absolute atomic E-state index is 0.0274. The molecular weight excluding hydrogens is 428 g/mol. The number of thioether (sulfide) groups is 1. The van der Waals surface area contributed by atoms with E-state index < -0.39 is 18.2 Å². The van der Waals surface area contributed by atoms with Crippen molar-refractivity contribution in [3.8, 4) is 0 Å². The van der Waals surface area contributed by atoms with Crippen LogP contribution in [0.2, 0.25) is 0 Å². The molecule has 0 aromatic carbocycles. The second kappa shape index (κ2) is 11.1. The van der Waals surface area contributed by atoms with Gasteiger partial charge in [-0.2, -0.15) is 0 Å². The number of aromatic nitrogens is 1. The Morgan fingerprint density at radius 2 is 2.27 bits per heavy atom. The molecule has 2 N–H and O–H groups in total. The topological polar surface area (TPSA) is 109 Å². The monoisotopic (exact) mass is 458 g/mol. The lowest BCUT2D eigenvalue weighted by Crippen LogP contribution is -2.36. The number of carboxylic acids is 1. The molecule has 0 spiro atoms. The lowest BCUT2D eigenvalue weighted by atomic mass is 9.81. The molecule has 0 radical (unpaired) electrons. The number of hydrogen-bond acceptors (Lipinski definition) is 8. The summed E-state index contributed by atoms with van der Waals surface area (Å²) in [6.45, 7) is 6.92. The van der Waals surface area contributed by atoms with Crippen molar-refractivity contribution in [2.45, 2.75) is 56.2 Å². The van der Waals surface area contributed by atoms with Crippen molar-refractivity contribution in [2.24, 2.45) is 5.41 Å². The highest BCUT2D eigenvalue weighted by Crippen LogP contribution is 2.29. The van der Waals surface area contributed by atoms with Gasteiger partial charge in [0.15, 0.2) is 10.0 Å². The molecule has 1 saturated heterocycles. The van der Waals surface area contributed by atoms with Crippen molar-refractivity contribution >= 4 is 35.2 Å². The molecular formula is C20H30N2O6S2. The number of amides is 1. The standard InChI is InChI=1S/C20H30N2O6S2/c1-13-15(6-7-16(23)20(2,3)8-5-10-27-4)22(19(26)28-13)9-11-29-18-21-14(12-30-18)17(24)25/h6-7,12-13,15-16,23H,5,8-11H2,1-4H3,(H,24,25)/b7-6+/t13-,15-,16?/m0/s1. The zero-order chi connectivity index (χ0) is 22.3. The van der Waals surface area contributed by atoms with E-state index in [1.165, 1.54) is 28.5 Å². The molecule has 168 valence electrons. The third-order valence-corrected chi connectivity index (χ3v) is 7.08. The van der Waals surface area contributed by atoms with E-state index in [9.17, 15) is 14.7 Å². The Morgan fingerprint density at radius 3 is 2.90 bits per heavy atom. The molecule has 0 bridgehead atoms. The van der Waals surface area contributed by atoms with Gasteiger partial charge in [-0.3, -0.25) is 4.90 Å². The minimum atomic E-state index is -1.05. The third-order valence-electron chi connectivity index (χ3n) is 5.08. The van der Waals surface area contributed by atoms with Gasteiger partial charge in [0.2, 0.25) is 0 Å². The van der Waals surface area contributed by atoms with Gasteiger partial charge < -0.3 is 19.7 Å². The number of carboxylic acid groups (broad SMARTS) is 1. The maximum absolute atomic E-state index is 12.2. The predicted octanol–water partition coefficient (Wildman–Crippen LogP) is 3.51. The van der Waals surface area contributed by atoms with Crippen LogP contribution in [0.3, 0.4) is 0 Å². The van der Waals surface area contributed by atoms with E-state index in [-0.39, 0.29) is 23.3 Å². The normalized spacial score (nSPS) is 20.7. The van der Waals surface area contributed by atoms with Crippen LogP contribution in [0.5, 0.6) is 0 Å². The maximum atomic E-state index is 12.2. The summed E-state index contributed by atoms with van der Waals surface area (Å²) in [5.41, 5.74) is -0.283. The van der Waals surface area contributed by atoms with Crippen molar-refractivity contribution in [3.63, 3.8) is 0 Å². The van der Waals surface area contributed by atoms with Crippen LogP contribution in [-0.4, -0.2) is 76.4 Å². The number of aliphatic hydroxyl groups is 1. The van der Waals surface area contributed by atoms with E-state index in [2.05, 4.69) is 4.98 Å². The van der Waals surface area contributed by atoms with Gasteiger partial charge in [-0.25, -0.2) is 14.6 Å². The largest absolute Gasteiger partial charge is 0.476 e. The van der Waals surface area contributed by atoms with Gasteiger partial charge in [0.25, 0.3) is 0 Å². The van der Waals surface area contributed by atoms with Crippen LogP contribution >= 0.6 is 23.1 Å². The number of rotatable bonds is 12. The lowest BCUT2D eigenvalue weighted by molar-refractivity contribution is 0.0690. The Kier molecular flexibility index (Phi) is 9.14. The highest BCUT2D eigenvalue weighted by Gasteiger charge is 2.37. The van der Waals surface area contributed by atoms with Gasteiger partial charge in [-0.05, 0) is 25.2 Å². The summed E-state index contributed by atoms with van der Waals surface area (Å²) >= 11 is 2.67. The molecule has 0 saturated carbocycles. The van der Waals surface area contributed by atoms with E-state index in [0.717, 1.165) is 12.8 Å². The quantitative estimate of drug-likeness (QED) is 0.278. The maximum Gasteiger partial charge on any atom is 0.410 e. The molecule has 1 unspecified atom stereocenters. The Hall–Kier alpha value is -1.62. The Bertz CT molecular complexity index is 751. The first-order chi connectivity index (χ1) is 14.2. The van der Waals surface area contributed by atoms with E-state index in [1.54, 1.807) is 18.1 Å². The lowest BCUT2D eigenvalue weighted by Gasteiger charge is -2.29. The average molecular weight is 459 g/mol. The Labute approximate surface area is 185 Å². The van der Waals surface area contributed by atoms with Crippen LogP contribution in [-0.2, 0) is 9.47 Å². The fourth-order valence-electron chi connectivity index (χ4n) is 3.12. The molecule has 1 aromatic heterocycles. The molecule has 1 amide bonds. The molecule has 2 rings (SSSR count). The smallest absolute Gasteiger partial charge is 0.410 e. The first-order valence-corrected chi connectivity index (χ1v) is 11.7. The molecule has 1 aromatic rings. The van der Waals surface area contributed by atoms with Crippen molar-refractivity contribution in [1.29, 1.82) is 0 Å². The number of aromatic carboxylic acids is 1. The van der Waals surface area contributed by atoms with E-state index in [0.29, 0.717) is 23.2 Å². The number of hydrogen-bond donors (Lipinski definition) is 2. The van der Waals surface area contributed by atoms with Crippen LogP contribution in [0.25, 0.3) is 0 Å². The van der Waals surface area contributed by atoms with Crippen LogP contribution < -0.4 is 0 Å². The van der Waals surface area contributed by atoms with Crippen molar-refractivity contribution < 1.29 is 29.3 Å². The molecule has 1 aliphatic rings. The van der Waals surface area contributed by atoms with Crippen molar-refractivity contribution in [2.75, 3.05) is 26.0 Å². The summed E-state index contributed by atoms with van der Waals surface area (Å²) < 4.78 is 11.1. The molecule has 10 heteroatoms. The molecule has 2 heterocycles. The van der Waals surface area contributed by atoms with Gasteiger partial charge in [0.05, 0.1) is 12.1 Å². The zero-order valence-electron chi connectivity index (χ0n) is 17.7. The van der Waals surface area contributed by atoms with E-state index in [1.807, 2.05) is 26.8 Å². The summed E-state index contributed by atoms with van der Waals surface area (Å²) in [6, 6.07) is -0.270. The number of thiazole rings is 1. The van der Waals surface area contributed by atoms with Gasteiger partial charge in [-0.1, -0.05) is 37.8 Å². The molecule has 8 nitrogen and oxygen atoms in total. The molecule has 30 heavy (non-hydrogen) atoms. The zero-order valence-corrected chi connectivity index (χ0v) is 19.4. The van der Waals surface area contributed by atoms with Crippen LogP contribution in [0.4, 0.5) is 4.79 Å². The van der Waals surface area contributed by atoms with Gasteiger partial charge >= 0.3 is 12.1 Å². The van der Waals surface area contributed by atoms with Crippen molar-refractivity contribution in [3.05, 3.63) is 23.2 Å². The summed E-state index contributed by atoms with van der Waals surface area (Å²) in [6.07, 6.45) is 3.90. The highest BCUT2D eigenvalue weighted by molar-refractivity contribution is 8.01. The molecule has 1 fully saturated rings. The number of carbonyl (C=O) groups excluding carboxylic acids is 1. The number of aliphatic hydroxyl groups excluding tert-OH is 1. The van der Waals surface area contributed by atoms with E-state index >= 15 is 0 Å². The van der Waals surface area contributed by atoms with E-state index in [4.69, 9.17) is 14.6 Å². The van der Waals surface area contributed by atoms with Gasteiger partial charge in [-0.15, -0.1) is 11.3 Å². The van der Waals surface area contributed by atoms with Crippen LogP contribution in [0.15, 0.2) is 21.9 Å². The predicted molar refractivity (Wildman–Crippen MR) is 116 cm³/mol. The number of nitrogens with zero attached hydrogens (tertiary/aromatic N) is 2. The fraction of sp³-hybridized carbons (Fsp3) is 0.650. The van der Waals surface area contributed by atoms with Crippen molar-refractivity contribution in [1.82, 2.24) is 9.88 Å². The number of cyclic esters (lactones) is 1. The molecule has 0 aliphatic carbocycles. The fourth-order valence-corrected chi connectivity index (χ4v) is 4.93. The second-order valence-electron chi connectivity index (χ2n) is 7.84. The third kappa shape index (κ3) is 6.69. The summed E-state index contributed by atoms with van der Waals surface area (Å²) in [7, 11) is 1.66. The summed E-state index contributed by atoms with van der Waals surface area (Å²) in [4.78, 5) is 28.8.